The van der Waals surface area contributed by atoms with Crippen LogP contribution in [0.4, 0.5) is 11.4 Å². The van der Waals surface area contributed by atoms with Gasteiger partial charge in [0.05, 0.1) is 35.0 Å². The van der Waals surface area contributed by atoms with E-state index in [9.17, 15) is 4.79 Å². The average Bonchev–Trinajstić information content (AvgIpc) is 3.43. The van der Waals surface area contributed by atoms with Crippen molar-refractivity contribution in [1.29, 1.82) is 5.26 Å². The zero-order chi connectivity index (χ0) is 34.9. The van der Waals surface area contributed by atoms with E-state index in [0.29, 0.717) is 35.8 Å². The van der Waals surface area contributed by atoms with Crippen molar-refractivity contribution >= 4 is 45.4 Å². The van der Waals surface area contributed by atoms with Crippen molar-refractivity contribution in [2.24, 2.45) is 5.41 Å². The first-order valence-corrected chi connectivity index (χ1v) is 17.2. The topological polar surface area (TPSA) is 61.2 Å². The van der Waals surface area contributed by atoms with Crippen molar-refractivity contribution in [3.8, 4) is 6.07 Å². The van der Waals surface area contributed by atoms with Crippen molar-refractivity contribution in [3.63, 3.8) is 0 Å². The van der Waals surface area contributed by atoms with E-state index >= 15 is 0 Å². The van der Waals surface area contributed by atoms with E-state index in [-0.39, 0.29) is 28.3 Å². The van der Waals surface area contributed by atoms with Crippen LogP contribution in [0.15, 0.2) is 78.9 Å². The molecule has 49 heavy (non-hydrogen) atoms. The molecular formula is C43H49AuN4O-. The molecule has 0 bridgehead atoms. The van der Waals surface area contributed by atoms with Crippen LogP contribution in [0.25, 0.3) is 21.8 Å². The summed E-state index contributed by atoms with van der Waals surface area (Å²) in [6.07, 6.45) is 3.59. The fourth-order valence-corrected chi connectivity index (χ4v) is 6.69. The van der Waals surface area contributed by atoms with Gasteiger partial charge in [0, 0.05) is 22.4 Å². The molecule has 1 aliphatic rings. The summed E-state index contributed by atoms with van der Waals surface area (Å²) < 4.78 is 1.84. The van der Waals surface area contributed by atoms with Gasteiger partial charge in [0.25, 0.3) is 0 Å². The van der Waals surface area contributed by atoms with Crippen LogP contribution in [-0.4, -0.2) is 23.4 Å². The number of fused-ring (bicyclic) bond motifs is 3. The van der Waals surface area contributed by atoms with Crippen LogP contribution < -0.4 is 9.88 Å². The Morgan fingerprint density at radius 3 is 1.78 bits per heavy atom. The Morgan fingerprint density at radius 1 is 0.735 bits per heavy atom. The summed E-state index contributed by atoms with van der Waals surface area (Å²) in [6.45, 7) is 22.5. The monoisotopic (exact) mass is 834 g/mol. The van der Waals surface area contributed by atoms with E-state index in [0.717, 1.165) is 27.5 Å². The summed E-state index contributed by atoms with van der Waals surface area (Å²) in [7, 11) is 0. The Hall–Kier alpha value is -3.95. The van der Waals surface area contributed by atoms with E-state index in [1.807, 2.05) is 41.0 Å². The molecule has 0 atom stereocenters. The number of anilines is 1. The molecule has 0 N–H and O–H groups in total. The number of carbonyl (C=O) groups is 1. The van der Waals surface area contributed by atoms with Crippen LogP contribution in [0.5, 0.6) is 0 Å². The van der Waals surface area contributed by atoms with Crippen LogP contribution in [0.3, 0.4) is 0 Å². The fourth-order valence-electron chi connectivity index (χ4n) is 6.69. The van der Waals surface area contributed by atoms with Gasteiger partial charge in [-0.3, -0.25) is 4.58 Å². The van der Waals surface area contributed by atoms with Crippen LogP contribution in [0, 0.1) is 16.7 Å². The number of amides is 1. The molecule has 1 aliphatic heterocycles. The molecule has 0 aliphatic carbocycles. The molecule has 1 amide bonds. The van der Waals surface area contributed by atoms with Crippen LogP contribution in [0.1, 0.15) is 121 Å². The maximum Gasteiger partial charge on any atom is 0.247 e. The zero-order valence-corrected chi connectivity index (χ0v) is 32.7. The number of hydrogen-bond donors (Lipinski definition) is 0. The first-order valence-electron chi connectivity index (χ1n) is 17.2. The Kier molecular flexibility index (Phi) is 11.8. The molecule has 0 spiro atoms. The third kappa shape index (κ3) is 7.63. The molecule has 5 nitrogen and oxygen atoms in total. The third-order valence-electron chi connectivity index (χ3n) is 9.30. The minimum atomic E-state index is -0.540. The van der Waals surface area contributed by atoms with Gasteiger partial charge in [0.2, 0.25) is 12.2 Å². The molecule has 259 valence electrons. The van der Waals surface area contributed by atoms with E-state index in [2.05, 4.69) is 128 Å². The van der Waals surface area contributed by atoms with Gasteiger partial charge in [-0.15, -0.1) is 11.0 Å². The molecule has 4 aromatic carbocycles. The van der Waals surface area contributed by atoms with Gasteiger partial charge < -0.3 is 14.7 Å². The van der Waals surface area contributed by atoms with Gasteiger partial charge in [-0.05, 0) is 68.8 Å². The van der Waals surface area contributed by atoms with Crippen molar-refractivity contribution in [1.82, 2.24) is 4.98 Å². The molecule has 0 saturated heterocycles. The smallest absolute Gasteiger partial charge is 0.247 e. The van der Waals surface area contributed by atoms with Crippen molar-refractivity contribution in [2.45, 2.75) is 92.9 Å². The van der Waals surface area contributed by atoms with Crippen LogP contribution in [-0.2, 0) is 27.2 Å². The Labute approximate surface area is 308 Å². The summed E-state index contributed by atoms with van der Waals surface area (Å²) in [5, 5.41) is 11.0. The number of rotatable bonds is 6. The number of nitrogens with zero attached hydrogens (tertiary/aromatic N) is 4. The predicted octanol–water partition coefficient (Wildman–Crippen LogP) is 10.6. The molecule has 2 heterocycles. The summed E-state index contributed by atoms with van der Waals surface area (Å²) in [6, 6.07) is 28.8. The zero-order valence-electron chi connectivity index (χ0n) is 30.5. The van der Waals surface area contributed by atoms with Crippen LogP contribution in [0.2, 0.25) is 0 Å². The largest absolute Gasteiger partial charge is 0.657 e. The van der Waals surface area contributed by atoms with E-state index in [4.69, 9.17) is 5.26 Å². The van der Waals surface area contributed by atoms with Crippen molar-refractivity contribution in [3.05, 3.63) is 107 Å². The van der Waals surface area contributed by atoms with E-state index in [1.54, 1.807) is 6.07 Å². The molecule has 0 saturated carbocycles. The second kappa shape index (κ2) is 15.3. The Morgan fingerprint density at radius 2 is 1.24 bits per heavy atom. The van der Waals surface area contributed by atoms with Crippen LogP contribution >= 0.6 is 0 Å². The molecule has 0 unspecified atom stereocenters. The summed E-state index contributed by atoms with van der Waals surface area (Å²) in [4.78, 5) is 20.6. The molecule has 1 aromatic heterocycles. The number of aromatic nitrogens is 1. The summed E-state index contributed by atoms with van der Waals surface area (Å²) in [5.74, 6) is 1.48. The van der Waals surface area contributed by atoms with Crippen molar-refractivity contribution in [2.75, 3.05) is 11.4 Å². The first kappa shape index (κ1) is 37.9. The van der Waals surface area contributed by atoms with Crippen molar-refractivity contribution < 1.29 is 31.8 Å². The normalized spacial score (nSPS) is 14.3. The summed E-state index contributed by atoms with van der Waals surface area (Å²) in [5.41, 5.74) is 9.31. The SMILES string of the molecule is CC(C)c1cccc(C(C)C)c1N1[C-]=[N+](c2c(C(C)C)cccc2C(C)C)C(=O)C(C)(C)C1.N#Cc1ccc2[n-]c3ccccc3c2c1.[Au]. The Balaban J connectivity index is 0.000000279. The minimum Gasteiger partial charge on any atom is -0.657 e. The Bertz CT molecular complexity index is 1990. The third-order valence-corrected chi connectivity index (χ3v) is 9.30. The maximum absolute atomic E-state index is 13.8. The number of carbonyl (C=O) groups excluding carboxylic acids is 1. The standard InChI is InChI=1S/C30H42N2O.C13H7N2.Au/c1-19(2)23-13-11-14-24(20(3)4)27(23)31-17-30(9,10)29(33)32(18-31)28-25(21(5)6)15-12-16-26(28)22(7)8;14-8-9-5-6-13-11(7-9)10-3-1-2-4-12(10)15-13;/h11-16,19-22H,17H2,1-10H3;1-7H;/q;-1;. The van der Waals surface area contributed by atoms with Gasteiger partial charge in [0.15, 0.2) is 0 Å². The molecule has 6 heteroatoms. The van der Waals surface area contributed by atoms with Gasteiger partial charge >= 0.3 is 0 Å². The maximum atomic E-state index is 13.8. The quantitative estimate of drug-likeness (QED) is 0.0971. The second-order valence-electron chi connectivity index (χ2n) is 14.9. The molecule has 1 radical (unpaired) electrons. The number of benzene rings is 4. The molecule has 0 fully saturated rings. The van der Waals surface area contributed by atoms with Gasteiger partial charge in [-0.25, -0.2) is 0 Å². The van der Waals surface area contributed by atoms with Gasteiger partial charge in [0.1, 0.15) is 0 Å². The number of para-hydroxylation sites is 3. The minimum absolute atomic E-state index is 0. The van der Waals surface area contributed by atoms with Gasteiger partial charge in [-0.1, -0.05) is 136 Å². The average molecular weight is 835 g/mol. The number of nitriles is 1. The van der Waals surface area contributed by atoms with Gasteiger partial charge in [-0.2, -0.15) is 5.26 Å². The first-order chi connectivity index (χ1) is 22.7. The second-order valence-corrected chi connectivity index (χ2v) is 14.9. The molecular weight excluding hydrogens is 785 g/mol. The number of hydrogen-bond acceptors (Lipinski definition) is 3. The summed E-state index contributed by atoms with van der Waals surface area (Å²) >= 11 is 0. The molecule has 6 rings (SSSR count). The van der Waals surface area contributed by atoms with E-state index < -0.39 is 5.41 Å². The molecule has 5 aromatic rings. The predicted molar refractivity (Wildman–Crippen MR) is 200 cm³/mol. The van der Waals surface area contributed by atoms with E-state index in [1.165, 1.54) is 27.9 Å². The fraction of sp³-hybridized carbons (Fsp3) is 0.372.